The molecule has 3 aromatic rings. The number of carbonyl (C=O) groups excluding carboxylic acids is 1. The third kappa shape index (κ3) is 3.93. The largest absolute Gasteiger partial charge is 0.327 e. The molecule has 0 aliphatic heterocycles. The number of anilines is 1. The van der Waals surface area contributed by atoms with E-state index in [4.69, 9.17) is 0 Å². The average Bonchev–Trinajstić information content (AvgIpc) is 2.99. The second-order valence-corrected chi connectivity index (χ2v) is 6.22. The second-order valence-electron chi connectivity index (χ2n) is 6.22. The average molecular weight is 338 g/mol. The van der Waals surface area contributed by atoms with Gasteiger partial charge in [0.2, 0.25) is 0 Å². The molecular weight excluding hydrogens is 316 g/mol. The highest BCUT2D eigenvalue weighted by Gasteiger charge is 2.10. The Labute approximate surface area is 146 Å². The summed E-state index contributed by atoms with van der Waals surface area (Å²) in [5.74, 6) is 0. The number of hydrogen-bond donors (Lipinski definition) is 1. The molecule has 0 unspecified atom stereocenters. The molecule has 0 saturated carbocycles. The van der Waals surface area contributed by atoms with Crippen molar-refractivity contribution < 1.29 is 4.79 Å². The predicted molar refractivity (Wildman–Crippen MR) is 97.6 cm³/mol. The first kappa shape index (κ1) is 16.9. The SMILES string of the molecule is Cc1nc2ccc(NC(=O)N(C)CCc3cnn(C)c3)cc2nc1C. The first-order chi connectivity index (χ1) is 11.9. The highest BCUT2D eigenvalue weighted by Crippen LogP contribution is 2.18. The number of carbonyl (C=O) groups is 1. The Morgan fingerprint density at radius 2 is 1.92 bits per heavy atom. The Bertz CT molecular complexity index is 917. The minimum absolute atomic E-state index is 0.153. The van der Waals surface area contributed by atoms with Crippen LogP contribution in [0.25, 0.3) is 11.0 Å². The molecule has 7 nitrogen and oxygen atoms in total. The van der Waals surface area contributed by atoms with Crippen LogP contribution in [0.4, 0.5) is 10.5 Å². The summed E-state index contributed by atoms with van der Waals surface area (Å²) in [4.78, 5) is 23.0. The number of aromatic nitrogens is 4. The summed E-state index contributed by atoms with van der Waals surface area (Å²) >= 11 is 0. The molecule has 2 heterocycles. The minimum Gasteiger partial charge on any atom is -0.327 e. The van der Waals surface area contributed by atoms with E-state index in [2.05, 4.69) is 20.4 Å². The number of rotatable bonds is 4. The van der Waals surface area contributed by atoms with Gasteiger partial charge in [-0.25, -0.2) is 14.8 Å². The van der Waals surface area contributed by atoms with Crippen molar-refractivity contribution in [2.24, 2.45) is 7.05 Å². The van der Waals surface area contributed by atoms with Crippen LogP contribution >= 0.6 is 0 Å². The van der Waals surface area contributed by atoms with Crippen LogP contribution in [0.1, 0.15) is 17.0 Å². The van der Waals surface area contributed by atoms with E-state index in [-0.39, 0.29) is 6.03 Å². The Morgan fingerprint density at radius 1 is 1.20 bits per heavy atom. The van der Waals surface area contributed by atoms with Gasteiger partial charge in [-0.1, -0.05) is 0 Å². The normalized spacial score (nSPS) is 10.9. The molecule has 0 atom stereocenters. The molecule has 0 radical (unpaired) electrons. The summed E-state index contributed by atoms with van der Waals surface area (Å²) in [5, 5.41) is 7.04. The quantitative estimate of drug-likeness (QED) is 0.793. The second kappa shape index (κ2) is 6.88. The van der Waals surface area contributed by atoms with Crippen LogP contribution in [0.3, 0.4) is 0 Å². The van der Waals surface area contributed by atoms with Gasteiger partial charge in [0.15, 0.2) is 0 Å². The summed E-state index contributed by atoms with van der Waals surface area (Å²) in [6, 6.07) is 5.42. The fourth-order valence-electron chi connectivity index (χ4n) is 2.53. The molecule has 0 fully saturated rings. The lowest BCUT2D eigenvalue weighted by molar-refractivity contribution is 0.223. The van der Waals surface area contributed by atoms with Crippen molar-refractivity contribution in [2.75, 3.05) is 18.9 Å². The van der Waals surface area contributed by atoms with Crippen molar-refractivity contribution in [3.63, 3.8) is 0 Å². The van der Waals surface area contributed by atoms with Crippen LogP contribution in [0.15, 0.2) is 30.6 Å². The first-order valence-corrected chi connectivity index (χ1v) is 8.17. The Balaban J connectivity index is 1.65. The van der Waals surface area contributed by atoms with Crippen LogP contribution in [-0.4, -0.2) is 44.3 Å². The van der Waals surface area contributed by atoms with Crippen molar-refractivity contribution in [3.05, 3.63) is 47.5 Å². The number of urea groups is 1. The van der Waals surface area contributed by atoms with Gasteiger partial charge in [0.25, 0.3) is 0 Å². The number of amides is 2. The maximum Gasteiger partial charge on any atom is 0.321 e. The van der Waals surface area contributed by atoms with Gasteiger partial charge in [0.1, 0.15) is 0 Å². The maximum atomic E-state index is 12.4. The van der Waals surface area contributed by atoms with Crippen LogP contribution in [0, 0.1) is 13.8 Å². The lowest BCUT2D eigenvalue weighted by Gasteiger charge is -2.17. The van der Waals surface area contributed by atoms with Gasteiger partial charge in [0.05, 0.1) is 28.6 Å². The molecule has 0 bridgehead atoms. The van der Waals surface area contributed by atoms with Gasteiger partial charge in [-0.15, -0.1) is 0 Å². The summed E-state index contributed by atoms with van der Waals surface area (Å²) in [5.41, 5.74) is 5.23. The minimum atomic E-state index is -0.153. The van der Waals surface area contributed by atoms with Crippen molar-refractivity contribution >= 4 is 22.8 Å². The van der Waals surface area contributed by atoms with E-state index < -0.39 is 0 Å². The molecule has 0 aliphatic carbocycles. The molecule has 0 spiro atoms. The van der Waals surface area contributed by atoms with Gasteiger partial charge in [-0.05, 0) is 44.0 Å². The Kier molecular flexibility index (Phi) is 4.65. The molecule has 0 saturated heterocycles. The van der Waals surface area contributed by atoms with Crippen LogP contribution in [-0.2, 0) is 13.5 Å². The van der Waals surface area contributed by atoms with E-state index in [0.29, 0.717) is 12.2 Å². The Morgan fingerprint density at radius 3 is 2.60 bits per heavy atom. The zero-order valence-electron chi connectivity index (χ0n) is 14.9. The smallest absolute Gasteiger partial charge is 0.321 e. The van der Waals surface area contributed by atoms with Crippen LogP contribution < -0.4 is 5.32 Å². The summed E-state index contributed by atoms with van der Waals surface area (Å²) in [6.45, 7) is 4.48. The highest BCUT2D eigenvalue weighted by atomic mass is 16.2. The molecule has 2 amide bonds. The zero-order valence-corrected chi connectivity index (χ0v) is 14.9. The van der Waals surface area contributed by atoms with Crippen molar-refractivity contribution in [2.45, 2.75) is 20.3 Å². The zero-order chi connectivity index (χ0) is 18.0. The van der Waals surface area contributed by atoms with E-state index in [1.165, 1.54) is 0 Å². The Hall–Kier alpha value is -2.96. The molecule has 25 heavy (non-hydrogen) atoms. The fraction of sp³-hybridized carbons (Fsp3) is 0.333. The molecule has 0 aliphatic rings. The third-order valence-electron chi connectivity index (χ3n) is 4.17. The van der Waals surface area contributed by atoms with Gasteiger partial charge >= 0.3 is 6.03 Å². The number of fused-ring (bicyclic) bond motifs is 1. The number of benzene rings is 1. The van der Waals surface area contributed by atoms with Crippen LogP contribution in [0.5, 0.6) is 0 Å². The fourth-order valence-corrected chi connectivity index (χ4v) is 2.53. The highest BCUT2D eigenvalue weighted by molar-refractivity contribution is 5.91. The number of nitrogens with one attached hydrogen (secondary N) is 1. The molecular formula is C18H22N6O. The summed E-state index contributed by atoms with van der Waals surface area (Å²) in [7, 11) is 3.66. The lowest BCUT2D eigenvalue weighted by atomic mass is 10.2. The summed E-state index contributed by atoms with van der Waals surface area (Å²) in [6.07, 6.45) is 4.54. The standard InChI is InChI=1S/C18H22N6O/c1-12-13(2)21-17-9-15(5-6-16(17)20-12)22-18(25)23(3)8-7-14-10-19-24(4)11-14/h5-6,9-11H,7-8H2,1-4H3,(H,22,25). The van der Waals surface area contributed by atoms with Crippen molar-refractivity contribution in [1.82, 2.24) is 24.6 Å². The van der Waals surface area contributed by atoms with Gasteiger partial charge in [-0.3, -0.25) is 4.68 Å². The number of aryl methyl sites for hydroxylation is 3. The number of likely N-dealkylation sites (N-methyl/N-ethyl adjacent to an activating group) is 1. The number of nitrogens with zero attached hydrogens (tertiary/aromatic N) is 5. The summed E-state index contributed by atoms with van der Waals surface area (Å²) < 4.78 is 1.76. The van der Waals surface area contributed by atoms with E-state index in [9.17, 15) is 4.79 Å². The van der Waals surface area contributed by atoms with E-state index in [1.807, 2.05) is 51.5 Å². The molecule has 1 aromatic carbocycles. The lowest BCUT2D eigenvalue weighted by Crippen LogP contribution is -2.32. The molecule has 2 aromatic heterocycles. The molecule has 130 valence electrons. The van der Waals surface area contributed by atoms with Crippen molar-refractivity contribution in [3.8, 4) is 0 Å². The van der Waals surface area contributed by atoms with E-state index >= 15 is 0 Å². The molecule has 1 N–H and O–H groups in total. The van der Waals surface area contributed by atoms with E-state index in [1.54, 1.807) is 16.6 Å². The van der Waals surface area contributed by atoms with E-state index in [0.717, 1.165) is 34.4 Å². The molecule has 7 heteroatoms. The third-order valence-corrected chi connectivity index (χ3v) is 4.17. The predicted octanol–water partition coefficient (Wildman–Crippen LogP) is 2.69. The van der Waals surface area contributed by atoms with Gasteiger partial charge < -0.3 is 10.2 Å². The van der Waals surface area contributed by atoms with Crippen molar-refractivity contribution in [1.29, 1.82) is 0 Å². The van der Waals surface area contributed by atoms with Crippen LogP contribution in [0.2, 0.25) is 0 Å². The number of hydrogen-bond acceptors (Lipinski definition) is 4. The monoisotopic (exact) mass is 338 g/mol. The first-order valence-electron chi connectivity index (χ1n) is 8.17. The molecule has 3 rings (SSSR count). The maximum absolute atomic E-state index is 12.4. The van der Waals surface area contributed by atoms with Gasteiger partial charge in [-0.2, -0.15) is 5.10 Å². The van der Waals surface area contributed by atoms with Gasteiger partial charge in [0, 0.05) is 32.5 Å². The topological polar surface area (TPSA) is 75.9 Å².